The number of hydrogen-bond donors (Lipinski definition) is 1. The standard InChI is InChI=1S/C9H11F2N/c1-5-3-4-7(10)8(6(2)12)9(5)11/h3-4,6H,12H2,1-2H3. The topological polar surface area (TPSA) is 26.0 Å². The minimum Gasteiger partial charge on any atom is -0.324 e. The molecular formula is C9H11F2N. The molecule has 1 aromatic carbocycles. The Morgan fingerprint density at radius 1 is 1.33 bits per heavy atom. The molecule has 3 heteroatoms. The third-order valence-electron chi connectivity index (χ3n) is 1.77. The van der Waals surface area contributed by atoms with Gasteiger partial charge >= 0.3 is 0 Å². The smallest absolute Gasteiger partial charge is 0.133 e. The van der Waals surface area contributed by atoms with Gasteiger partial charge in [0.05, 0.1) is 0 Å². The quantitative estimate of drug-likeness (QED) is 0.689. The summed E-state index contributed by atoms with van der Waals surface area (Å²) in [6, 6.07) is 2.03. The van der Waals surface area contributed by atoms with E-state index in [2.05, 4.69) is 0 Å². The molecule has 2 N–H and O–H groups in total. The van der Waals surface area contributed by atoms with E-state index in [-0.39, 0.29) is 5.56 Å². The van der Waals surface area contributed by atoms with Gasteiger partial charge in [0, 0.05) is 11.6 Å². The van der Waals surface area contributed by atoms with Gasteiger partial charge in [0.15, 0.2) is 0 Å². The maximum atomic E-state index is 13.2. The van der Waals surface area contributed by atoms with Crippen molar-refractivity contribution < 1.29 is 8.78 Å². The highest BCUT2D eigenvalue weighted by molar-refractivity contribution is 5.28. The van der Waals surface area contributed by atoms with Gasteiger partial charge in [0.25, 0.3) is 0 Å². The van der Waals surface area contributed by atoms with E-state index < -0.39 is 17.7 Å². The van der Waals surface area contributed by atoms with Crippen LogP contribution < -0.4 is 5.73 Å². The van der Waals surface area contributed by atoms with Crippen LogP contribution in [0.3, 0.4) is 0 Å². The molecule has 1 unspecified atom stereocenters. The van der Waals surface area contributed by atoms with Gasteiger partial charge in [-0.3, -0.25) is 0 Å². The van der Waals surface area contributed by atoms with Crippen molar-refractivity contribution in [1.29, 1.82) is 0 Å². The third-order valence-corrected chi connectivity index (χ3v) is 1.77. The normalized spacial score (nSPS) is 13.1. The highest BCUT2D eigenvalue weighted by atomic mass is 19.1. The molecule has 0 spiro atoms. The largest absolute Gasteiger partial charge is 0.324 e. The molecule has 0 aliphatic carbocycles. The Kier molecular flexibility index (Phi) is 2.43. The molecule has 0 saturated carbocycles. The Bertz CT molecular complexity index is 295. The lowest BCUT2D eigenvalue weighted by molar-refractivity contribution is 0.532. The lowest BCUT2D eigenvalue weighted by atomic mass is 10.0. The zero-order chi connectivity index (χ0) is 9.30. The number of aryl methyl sites for hydroxylation is 1. The van der Waals surface area contributed by atoms with Crippen molar-refractivity contribution in [3.63, 3.8) is 0 Å². The third kappa shape index (κ3) is 1.46. The molecule has 1 rings (SSSR count). The molecule has 0 radical (unpaired) electrons. The maximum Gasteiger partial charge on any atom is 0.133 e. The molecule has 0 aliphatic rings. The summed E-state index contributed by atoms with van der Waals surface area (Å²) in [5.74, 6) is -1.11. The number of rotatable bonds is 1. The van der Waals surface area contributed by atoms with Crippen LogP contribution in [0.1, 0.15) is 24.1 Å². The fraction of sp³-hybridized carbons (Fsp3) is 0.333. The van der Waals surface area contributed by atoms with Gasteiger partial charge < -0.3 is 5.73 Å². The second-order valence-corrected chi connectivity index (χ2v) is 2.88. The molecular weight excluding hydrogens is 160 g/mol. The summed E-state index contributed by atoms with van der Waals surface area (Å²) in [5, 5.41) is 0. The van der Waals surface area contributed by atoms with Crippen LogP contribution >= 0.6 is 0 Å². The second-order valence-electron chi connectivity index (χ2n) is 2.88. The Balaban J connectivity index is 3.33. The predicted molar refractivity (Wildman–Crippen MR) is 43.7 cm³/mol. The Morgan fingerprint density at radius 3 is 2.33 bits per heavy atom. The molecule has 1 nitrogen and oxygen atoms in total. The van der Waals surface area contributed by atoms with E-state index in [9.17, 15) is 8.78 Å². The highest BCUT2D eigenvalue weighted by Gasteiger charge is 2.14. The fourth-order valence-electron chi connectivity index (χ4n) is 1.10. The molecule has 12 heavy (non-hydrogen) atoms. The molecule has 0 saturated heterocycles. The van der Waals surface area contributed by atoms with Crippen LogP contribution in [0, 0.1) is 18.6 Å². The van der Waals surface area contributed by atoms with Crippen molar-refractivity contribution in [3.8, 4) is 0 Å². The molecule has 0 fully saturated rings. The summed E-state index contributed by atoms with van der Waals surface area (Å²) >= 11 is 0. The Morgan fingerprint density at radius 2 is 1.92 bits per heavy atom. The first kappa shape index (κ1) is 9.13. The van der Waals surface area contributed by atoms with Crippen LogP contribution in [0.4, 0.5) is 8.78 Å². The van der Waals surface area contributed by atoms with E-state index in [0.29, 0.717) is 5.56 Å². The summed E-state index contributed by atoms with van der Waals surface area (Å²) in [4.78, 5) is 0. The summed E-state index contributed by atoms with van der Waals surface area (Å²) in [6.07, 6.45) is 0. The first-order valence-corrected chi connectivity index (χ1v) is 3.74. The van der Waals surface area contributed by atoms with E-state index in [4.69, 9.17) is 5.73 Å². The van der Waals surface area contributed by atoms with Crippen molar-refractivity contribution in [2.24, 2.45) is 5.73 Å². The van der Waals surface area contributed by atoms with Crippen LogP contribution in [0.5, 0.6) is 0 Å². The lowest BCUT2D eigenvalue weighted by Gasteiger charge is -2.09. The SMILES string of the molecule is Cc1ccc(F)c(C(C)N)c1F. The summed E-state index contributed by atoms with van der Waals surface area (Å²) in [5.41, 5.74) is 5.79. The molecule has 0 bridgehead atoms. The molecule has 0 amide bonds. The number of halogens is 2. The Labute approximate surface area is 70.2 Å². The number of benzene rings is 1. The average molecular weight is 171 g/mol. The van der Waals surface area contributed by atoms with Crippen molar-refractivity contribution in [2.45, 2.75) is 19.9 Å². The highest BCUT2D eigenvalue weighted by Crippen LogP contribution is 2.20. The van der Waals surface area contributed by atoms with Crippen LogP contribution in [-0.2, 0) is 0 Å². The first-order chi connectivity index (χ1) is 5.54. The molecule has 0 aliphatic heterocycles. The minimum absolute atomic E-state index is 0.0324. The summed E-state index contributed by atoms with van der Waals surface area (Å²) < 4.78 is 26.2. The molecule has 0 heterocycles. The van der Waals surface area contributed by atoms with Crippen LogP contribution in [0.2, 0.25) is 0 Å². The monoisotopic (exact) mass is 171 g/mol. The van der Waals surface area contributed by atoms with E-state index in [1.165, 1.54) is 12.1 Å². The minimum atomic E-state index is -0.607. The fourth-order valence-corrected chi connectivity index (χ4v) is 1.10. The van der Waals surface area contributed by atoms with Gasteiger partial charge in [-0.2, -0.15) is 0 Å². The Hall–Kier alpha value is -0.960. The van der Waals surface area contributed by atoms with Crippen molar-refractivity contribution in [1.82, 2.24) is 0 Å². The molecule has 66 valence electrons. The second kappa shape index (κ2) is 3.19. The summed E-state index contributed by atoms with van der Waals surface area (Å²) in [7, 11) is 0. The van der Waals surface area contributed by atoms with E-state index in [0.717, 1.165) is 0 Å². The van der Waals surface area contributed by atoms with Gasteiger partial charge in [-0.15, -0.1) is 0 Å². The van der Waals surface area contributed by atoms with Gasteiger partial charge in [-0.05, 0) is 25.5 Å². The summed E-state index contributed by atoms with van der Waals surface area (Å²) in [6.45, 7) is 3.14. The molecule has 0 aromatic heterocycles. The van der Waals surface area contributed by atoms with Crippen molar-refractivity contribution in [3.05, 3.63) is 34.9 Å². The molecule has 1 aromatic rings. The van der Waals surface area contributed by atoms with Crippen molar-refractivity contribution >= 4 is 0 Å². The van der Waals surface area contributed by atoms with E-state index in [1.54, 1.807) is 13.8 Å². The maximum absolute atomic E-state index is 13.2. The van der Waals surface area contributed by atoms with Gasteiger partial charge in [-0.25, -0.2) is 8.78 Å². The average Bonchev–Trinajstić information content (AvgIpc) is 1.97. The first-order valence-electron chi connectivity index (χ1n) is 3.74. The molecule has 1 atom stereocenters. The van der Waals surface area contributed by atoms with Crippen molar-refractivity contribution in [2.75, 3.05) is 0 Å². The van der Waals surface area contributed by atoms with Gasteiger partial charge in [-0.1, -0.05) is 6.07 Å². The van der Waals surface area contributed by atoms with Gasteiger partial charge in [0.1, 0.15) is 11.6 Å². The van der Waals surface area contributed by atoms with E-state index in [1.807, 2.05) is 0 Å². The zero-order valence-corrected chi connectivity index (χ0v) is 7.07. The lowest BCUT2D eigenvalue weighted by Crippen LogP contribution is -2.10. The zero-order valence-electron chi connectivity index (χ0n) is 7.07. The van der Waals surface area contributed by atoms with Crippen LogP contribution in [-0.4, -0.2) is 0 Å². The van der Waals surface area contributed by atoms with Gasteiger partial charge in [0.2, 0.25) is 0 Å². The predicted octanol–water partition coefficient (Wildman–Crippen LogP) is 2.29. The van der Waals surface area contributed by atoms with Crippen LogP contribution in [0.15, 0.2) is 12.1 Å². The van der Waals surface area contributed by atoms with Crippen LogP contribution in [0.25, 0.3) is 0 Å². The number of hydrogen-bond acceptors (Lipinski definition) is 1. The van der Waals surface area contributed by atoms with E-state index >= 15 is 0 Å². The number of nitrogens with two attached hydrogens (primary N) is 1.